The smallest absolute Gasteiger partial charge is 0.416 e. The van der Waals surface area contributed by atoms with Gasteiger partial charge in [-0.2, -0.15) is 13.2 Å². The number of halogens is 5. The highest BCUT2D eigenvalue weighted by Crippen LogP contribution is 2.38. The van der Waals surface area contributed by atoms with Gasteiger partial charge in [0.05, 0.1) is 17.0 Å². The molecule has 0 saturated carbocycles. The highest BCUT2D eigenvalue weighted by Gasteiger charge is 2.64. The van der Waals surface area contributed by atoms with Crippen LogP contribution in [-0.4, -0.2) is 29.3 Å². The zero-order valence-electron chi connectivity index (χ0n) is 23.4. The minimum Gasteiger partial charge on any atom is -0.481 e. The monoisotopic (exact) mass is 624 g/mol. The third-order valence-electron chi connectivity index (χ3n) is 8.52. The Morgan fingerprint density at radius 3 is 2.30 bits per heavy atom. The van der Waals surface area contributed by atoms with Gasteiger partial charge in [0, 0.05) is 6.42 Å². The predicted octanol–water partition coefficient (Wildman–Crippen LogP) is 7.24. The molecule has 4 aromatic rings. The number of benzene rings is 4. The van der Waals surface area contributed by atoms with E-state index in [0.717, 1.165) is 17.7 Å². The van der Waals surface area contributed by atoms with Gasteiger partial charge in [-0.1, -0.05) is 67.1 Å². The Bertz CT molecular complexity index is 1760. The standard InChI is InChI=1S/C34H26ClF4NO4/c1-18(25(17-31(41)42)20-7-5-19(6-8-20)21-3-2-4-24(14-21)34(37,38)39)13-29-33-40(29)32(43)26-15-22(10-12-30(26)44-33)23-9-11-28(36)27(35)16-23/h2-12,14-16,18,25,29,33H,13,17H2,1H3,(H,41,42)/p+1. The fourth-order valence-corrected chi connectivity index (χ4v) is 6.32. The van der Waals surface area contributed by atoms with Crippen molar-refractivity contribution in [2.75, 3.05) is 0 Å². The van der Waals surface area contributed by atoms with Gasteiger partial charge in [0.25, 0.3) is 6.23 Å². The number of ether oxygens (including phenoxy) is 1. The number of aliphatic carboxylic acids is 1. The summed E-state index contributed by atoms with van der Waals surface area (Å²) in [5, 5.41) is 9.66. The first kappa shape index (κ1) is 29.8. The lowest BCUT2D eigenvalue weighted by molar-refractivity contribution is -0.711. The second-order valence-corrected chi connectivity index (χ2v) is 11.8. The van der Waals surface area contributed by atoms with Crippen molar-refractivity contribution in [2.45, 2.75) is 44.1 Å². The van der Waals surface area contributed by atoms with E-state index in [2.05, 4.69) is 0 Å². The van der Waals surface area contributed by atoms with Crippen LogP contribution in [-0.2, 0) is 11.0 Å². The number of fused-ring (bicyclic) bond motifs is 2. The molecule has 5 unspecified atom stereocenters. The average Bonchev–Trinajstić information content (AvgIpc) is 3.68. The predicted molar refractivity (Wildman–Crippen MR) is 156 cm³/mol. The van der Waals surface area contributed by atoms with Crippen molar-refractivity contribution in [3.8, 4) is 28.0 Å². The van der Waals surface area contributed by atoms with Crippen LogP contribution in [0.25, 0.3) is 22.3 Å². The minimum absolute atomic E-state index is 0.0188. The van der Waals surface area contributed by atoms with Gasteiger partial charge >= 0.3 is 18.1 Å². The van der Waals surface area contributed by atoms with Crippen molar-refractivity contribution in [1.29, 1.82) is 0 Å². The van der Waals surface area contributed by atoms with Crippen LogP contribution in [0.15, 0.2) is 84.9 Å². The SMILES string of the molecule is CC(CC1C2Oc3ccc(-c4ccc(F)c(Cl)c4)cc3C(=O)[NH+]12)C(CC(=O)O)c1ccc(-c2cccc(C(F)(F)F)c2)cc1. The number of hydrogen-bond acceptors (Lipinski definition) is 3. The first-order chi connectivity index (χ1) is 20.9. The fourth-order valence-electron chi connectivity index (χ4n) is 6.14. The van der Waals surface area contributed by atoms with E-state index in [1.165, 1.54) is 18.2 Å². The summed E-state index contributed by atoms with van der Waals surface area (Å²) in [4.78, 5) is 25.9. The summed E-state index contributed by atoms with van der Waals surface area (Å²) in [5.41, 5.74) is 2.78. The van der Waals surface area contributed by atoms with Gasteiger partial charge in [0.1, 0.15) is 17.1 Å². The Morgan fingerprint density at radius 1 is 0.955 bits per heavy atom. The number of carboxylic acid groups (broad SMARTS) is 1. The van der Waals surface area contributed by atoms with Crippen molar-refractivity contribution in [3.05, 3.63) is 112 Å². The summed E-state index contributed by atoms with van der Waals surface area (Å²) < 4.78 is 59.4. The van der Waals surface area contributed by atoms with Crippen LogP contribution in [0.4, 0.5) is 17.6 Å². The molecular weight excluding hydrogens is 598 g/mol. The van der Waals surface area contributed by atoms with E-state index in [0.29, 0.717) is 44.9 Å². The molecule has 2 heterocycles. The quantitative estimate of drug-likeness (QED) is 0.160. The molecule has 2 aliphatic heterocycles. The molecule has 0 spiro atoms. The number of carboxylic acids is 1. The van der Waals surface area contributed by atoms with Gasteiger partial charge in [-0.25, -0.2) is 14.1 Å². The topological polar surface area (TPSA) is 68.0 Å². The number of quaternary nitrogens is 1. The number of alkyl halides is 3. The van der Waals surface area contributed by atoms with Crippen molar-refractivity contribution >= 4 is 23.5 Å². The van der Waals surface area contributed by atoms with E-state index in [1.807, 2.05) is 6.92 Å². The summed E-state index contributed by atoms with van der Waals surface area (Å²) in [6.07, 6.45) is -4.46. The maximum atomic E-state index is 13.6. The summed E-state index contributed by atoms with van der Waals surface area (Å²) >= 11 is 5.95. The zero-order chi connectivity index (χ0) is 31.3. The van der Waals surface area contributed by atoms with Crippen LogP contribution in [0.2, 0.25) is 5.02 Å². The average molecular weight is 625 g/mol. The van der Waals surface area contributed by atoms with E-state index >= 15 is 0 Å². The Hall–Kier alpha value is -4.21. The Labute approximate surface area is 255 Å². The van der Waals surface area contributed by atoms with Crippen LogP contribution in [0.1, 0.15) is 47.2 Å². The van der Waals surface area contributed by atoms with Gasteiger partial charge in [-0.05, 0) is 76.1 Å². The lowest BCUT2D eigenvalue weighted by Crippen LogP contribution is -3.01. The first-order valence-electron chi connectivity index (χ1n) is 14.1. The lowest BCUT2D eigenvalue weighted by Gasteiger charge is -2.22. The minimum atomic E-state index is -4.46. The molecule has 44 heavy (non-hydrogen) atoms. The van der Waals surface area contributed by atoms with E-state index in [-0.39, 0.29) is 35.5 Å². The number of amides is 1. The molecule has 0 radical (unpaired) electrons. The molecule has 0 bridgehead atoms. The van der Waals surface area contributed by atoms with Gasteiger partial charge in [-0.3, -0.25) is 4.79 Å². The van der Waals surface area contributed by atoms with Crippen LogP contribution < -0.4 is 9.64 Å². The van der Waals surface area contributed by atoms with Crippen LogP contribution in [0, 0.1) is 11.7 Å². The maximum Gasteiger partial charge on any atom is 0.416 e. The van der Waals surface area contributed by atoms with Crippen molar-refractivity contribution < 1.29 is 41.9 Å². The molecule has 1 fully saturated rings. The third kappa shape index (κ3) is 5.81. The molecular formula is C34H27ClF4NO4+. The van der Waals surface area contributed by atoms with Gasteiger partial charge in [0.2, 0.25) is 0 Å². The Balaban J connectivity index is 1.18. The summed E-state index contributed by atoms with van der Waals surface area (Å²) in [5.74, 6) is -1.71. The largest absolute Gasteiger partial charge is 0.481 e. The molecule has 10 heteroatoms. The number of rotatable bonds is 8. The lowest BCUT2D eigenvalue weighted by atomic mass is 9.81. The highest BCUT2D eigenvalue weighted by atomic mass is 35.5. The van der Waals surface area contributed by atoms with Gasteiger partial charge in [0.15, 0.2) is 6.04 Å². The van der Waals surface area contributed by atoms with Gasteiger partial charge < -0.3 is 9.84 Å². The molecule has 6 rings (SSSR count). The number of hydrogen-bond donors (Lipinski definition) is 2. The molecule has 4 aromatic carbocycles. The normalized spacial score (nSPS) is 20.2. The van der Waals surface area contributed by atoms with Gasteiger partial charge in [-0.15, -0.1) is 0 Å². The van der Waals surface area contributed by atoms with E-state index in [4.69, 9.17) is 16.3 Å². The van der Waals surface area contributed by atoms with E-state index in [9.17, 15) is 32.3 Å². The fraction of sp³-hybridized carbons (Fsp3) is 0.235. The molecule has 1 saturated heterocycles. The number of carbonyl (C=O) groups is 2. The van der Waals surface area contributed by atoms with Crippen LogP contribution in [0.3, 0.4) is 0 Å². The highest BCUT2D eigenvalue weighted by molar-refractivity contribution is 6.31. The van der Waals surface area contributed by atoms with E-state index < -0.39 is 29.4 Å². The summed E-state index contributed by atoms with van der Waals surface area (Å²) in [7, 11) is 0. The molecule has 5 atom stereocenters. The molecule has 226 valence electrons. The molecule has 2 N–H and O–H groups in total. The second-order valence-electron chi connectivity index (χ2n) is 11.4. The van der Waals surface area contributed by atoms with Crippen molar-refractivity contribution in [2.24, 2.45) is 5.92 Å². The van der Waals surface area contributed by atoms with Crippen molar-refractivity contribution in [1.82, 2.24) is 0 Å². The van der Waals surface area contributed by atoms with Crippen LogP contribution >= 0.6 is 11.6 Å². The van der Waals surface area contributed by atoms with Crippen LogP contribution in [0.5, 0.6) is 5.75 Å². The summed E-state index contributed by atoms with van der Waals surface area (Å²) in [6, 6.07) is 21.4. The second kappa shape index (κ2) is 11.4. The molecule has 2 aliphatic rings. The number of carbonyl (C=O) groups excluding carboxylic acids is 1. The number of nitrogens with one attached hydrogen (secondary N) is 1. The maximum absolute atomic E-state index is 13.6. The molecule has 0 aliphatic carbocycles. The first-order valence-corrected chi connectivity index (χ1v) is 14.5. The molecule has 5 nitrogen and oxygen atoms in total. The third-order valence-corrected chi connectivity index (χ3v) is 8.81. The molecule has 0 aromatic heterocycles. The van der Waals surface area contributed by atoms with E-state index in [1.54, 1.807) is 54.6 Å². The zero-order valence-corrected chi connectivity index (χ0v) is 24.1. The Kier molecular flexibility index (Phi) is 7.71. The summed E-state index contributed by atoms with van der Waals surface area (Å²) in [6.45, 7) is 1.94. The van der Waals surface area contributed by atoms with Crippen molar-refractivity contribution in [3.63, 3.8) is 0 Å². The Morgan fingerprint density at radius 2 is 1.61 bits per heavy atom. The molecule has 1 amide bonds.